The van der Waals surface area contributed by atoms with Crippen molar-refractivity contribution in [3.63, 3.8) is 0 Å². The smallest absolute Gasteiger partial charge is 0.310 e. The first-order chi connectivity index (χ1) is 9.58. The second-order valence-electron chi connectivity index (χ2n) is 4.51. The number of carboxylic acid groups (broad SMARTS) is 1. The Morgan fingerprint density at radius 2 is 1.75 bits per heavy atom. The fraction of sp³-hybridized carbons (Fsp3) is 0.125. The number of nitrogens with one attached hydrogen (secondary N) is 1. The van der Waals surface area contributed by atoms with Gasteiger partial charge in [-0.3, -0.25) is 9.59 Å². The minimum Gasteiger partial charge on any atom is -0.481 e. The van der Waals surface area contributed by atoms with Gasteiger partial charge in [-0.1, -0.05) is 30.3 Å². The number of benzene rings is 2. The van der Waals surface area contributed by atoms with Gasteiger partial charge in [0, 0.05) is 11.3 Å². The van der Waals surface area contributed by atoms with E-state index in [0.717, 1.165) is 0 Å². The molecule has 0 fully saturated rings. The molecule has 0 radical (unpaired) electrons. The first kappa shape index (κ1) is 13.8. The summed E-state index contributed by atoms with van der Waals surface area (Å²) in [5.41, 5.74) is 1.80. The quantitative estimate of drug-likeness (QED) is 0.896. The predicted molar refractivity (Wildman–Crippen MR) is 76.9 cm³/mol. The number of hydrogen-bond donors (Lipinski definition) is 2. The molecule has 0 aromatic heterocycles. The first-order valence-electron chi connectivity index (χ1n) is 6.27. The molecule has 102 valence electrons. The van der Waals surface area contributed by atoms with Crippen molar-refractivity contribution in [3.05, 3.63) is 65.7 Å². The third-order valence-electron chi connectivity index (χ3n) is 3.05. The summed E-state index contributed by atoms with van der Waals surface area (Å²) in [5.74, 6) is -1.72. The summed E-state index contributed by atoms with van der Waals surface area (Å²) in [7, 11) is 0. The van der Waals surface area contributed by atoms with Gasteiger partial charge in [-0.05, 0) is 36.8 Å². The number of hydrogen-bond acceptors (Lipinski definition) is 2. The number of anilines is 1. The van der Waals surface area contributed by atoms with Crippen LogP contribution in [-0.4, -0.2) is 17.0 Å². The molecule has 2 N–H and O–H groups in total. The molecule has 2 rings (SSSR count). The van der Waals surface area contributed by atoms with Gasteiger partial charge in [-0.2, -0.15) is 0 Å². The van der Waals surface area contributed by atoms with Crippen molar-refractivity contribution in [2.24, 2.45) is 0 Å². The molecule has 4 heteroatoms. The summed E-state index contributed by atoms with van der Waals surface area (Å²) >= 11 is 0. The summed E-state index contributed by atoms with van der Waals surface area (Å²) in [4.78, 5) is 23.0. The lowest BCUT2D eigenvalue weighted by Gasteiger charge is -2.10. The van der Waals surface area contributed by atoms with Gasteiger partial charge >= 0.3 is 5.97 Å². The Morgan fingerprint density at radius 3 is 2.40 bits per heavy atom. The van der Waals surface area contributed by atoms with Crippen LogP contribution in [0.25, 0.3) is 0 Å². The van der Waals surface area contributed by atoms with Crippen LogP contribution >= 0.6 is 0 Å². The number of rotatable bonds is 4. The summed E-state index contributed by atoms with van der Waals surface area (Å²) in [6.07, 6.45) is 0. The molecular weight excluding hydrogens is 254 g/mol. The van der Waals surface area contributed by atoms with Gasteiger partial charge in [0.25, 0.3) is 5.91 Å². The lowest BCUT2D eigenvalue weighted by atomic mass is 10.0. The highest BCUT2D eigenvalue weighted by Gasteiger charge is 2.14. The van der Waals surface area contributed by atoms with E-state index < -0.39 is 11.9 Å². The lowest BCUT2D eigenvalue weighted by Crippen LogP contribution is -2.12. The molecule has 0 bridgehead atoms. The van der Waals surface area contributed by atoms with Gasteiger partial charge in [0.2, 0.25) is 0 Å². The Morgan fingerprint density at radius 1 is 1.05 bits per heavy atom. The molecule has 1 amide bonds. The average Bonchev–Trinajstić information content (AvgIpc) is 2.47. The Kier molecular flexibility index (Phi) is 4.15. The average molecular weight is 269 g/mol. The molecule has 0 aliphatic rings. The topological polar surface area (TPSA) is 66.4 Å². The van der Waals surface area contributed by atoms with E-state index in [4.69, 9.17) is 5.11 Å². The van der Waals surface area contributed by atoms with E-state index in [-0.39, 0.29) is 5.91 Å². The maximum Gasteiger partial charge on any atom is 0.310 e. The van der Waals surface area contributed by atoms with Crippen molar-refractivity contribution in [1.29, 1.82) is 0 Å². The largest absolute Gasteiger partial charge is 0.481 e. The van der Waals surface area contributed by atoms with Gasteiger partial charge in [-0.25, -0.2) is 0 Å². The zero-order valence-electron chi connectivity index (χ0n) is 11.0. The Labute approximate surface area is 117 Å². The highest BCUT2D eigenvalue weighted by molar-refractivity contribution is 6.04. The molecule has 1 unspecified atom stereocenters. The molecule has 2 aromatic carbocycles. The van der Waals surface area contributed by atoms with E-state index in [9.17, 15) is 9.59 Å². The number of carbonyl (C=O) groups excluding carboxylic acids is 1. The van der Waals surface area contributed by atoms with Crippen LogP contribution in [0.5, 0.6) is 0 Å². The van der Waals surface area contributed by atoms with Crippen molar-refractivity contribution < 1.29 is 14.7 Å². The molecule has 0 aliphatic carbocycles. The maximum absolute atomic E-state index is 12.0. The van der Waals surface area contributed by atoms with Crippen LogP contribution in [0.3, 0.4) is 0 Å². The summed E-state index contributed by atoms with van der Waals surface area (Å²) < 4.78 is 0. The minimum atomic E-state index is -0.892. The third-order valence-corrected chi connectivity index (χ3v) is 3.05. The molecule has 1 atom stereocenters. The first-order valence-corrected chi connectivity index (χ1v) is 6.27. The van der Waals surface area contributed by atoms with E-state index >= 15 is 0 Å². The second-order valence-corrected chi connectivity index (χ2v) is 4.51. The lowest BCUT2D eigenvalue weighted by molar-refractivity contribution is -0.138. The SMILES string of the molecule is CC(C(=O)O)c1cccc(NC(=O)c2ccccc2)c1. The van der Waals surface area contributed by atoms with Crippen molar-refractivity contribution in [2.45, 2.75) is 12.8 Å². The number of aliphatic carboxylic acids is 1. The number of amides is 1. The van der Waals surface area contributed by atoms with Crippen LogP contribution in [-0.2, 0) is 4.79 Å². The van der Waals surface area contributed by atoms with Gasteiger partial charge in [0.15, 0.2) is 0 Å². The van der Waals surface area contributed by atoms with Crippen LogP contribution in [0.1, 0.15) is 28.8 Å². The van der Waals surface area contributed by atoms with Crippen molar-refractivity contribution >= 4 is 17.6 Å². The molecule has 20 heavy (non-hydrogen) atoms. The second kappa shape index (κ2) is 6.02. The highest BCUT2D eigenvalue weighted by atomic mass is 16.4. The minimum absolute atomic E-state index is 0.217. The normalized spacial score (nSPS) is 11.7. The monoisotopic (exact) mass is 269 g/mol. The van der Waals surface area contributed by atoms with Crippen LogP contribution in [0.15, 0.2) is 54.6 Å². The Hall–Kier alpha value is -2.62. The third kappa shape index (κ3) is 3.23. The summed E-state index contributed by atoms with van der Waals surface area (Å²) in [6.45, 7) is 1.61. The number of carbonyl (C=O) groups is 2. The van der Waals surface area contributed by atoms with Gasteiger partial charge < -0.3 is 10.4 Å². The van der Waals surface area contributed by atoms with Gasteiger partial charge in [0.05, 0.1) is 5.92 Å². The fourth-order valence-corrected chi connectivity index (χ4v) is 1.82. The molecule has 0 saturated heterocycles. The van der Waals surface area contributed by atoms with Crippen molar-refractivity contribution in [3.8, 4) is 0 Å². The molecule has 0 spiro atoms. The van der Waals surface area contributed by atoms with Crippen molar-refractivity contribution in [2.75, 3.05) is 5.32 Å². The van der Waals surface area contributed by atoms with E-state index in [2.05, 4.69) is 5.32 Å². The van der Waals surface area contributed by atoms with E-state index in [1.807, 2.05) is 6.07 Å². The maximum atomic E-state index is 12.0. The molecular formula is C16H15NO3. The van der Waals surface area contributed by atoms with E-state index in [1.165, 1.54) is 0 Å². The predicted octanol–water partition coefficient (Wildman–Crippen LogP) is 3.13. The van der Waals surface area contributed by atoms with Crippen molar-refractivity contribution in [1.82, 2.24) is 0 Å². The van der Waals surface area contributed by atoms with Crippen LogP contribution in [0, 0.1) is 0 Å². The highest BCUT2D eigenvalue weighted by Crippen LogP contribution is 2.20. The van der Waals surface area contributed by atoms with E-state index in [1.54, 1.807) is 55.5 Å². The Bertz CT molecular complexity index is 623. The standard InChI is InChI=1S/C16H15NO3/c1-11(16(19)20)13-8-5-9-14(10-13)17-15(18)12-6-3-2-4-7-12/h2-11H,1H3,(H,17,18)(H,19,20). The molecule has 0 aliphatic heterocycles. The van der Waals surface area contributed by atoms with Gasteiger partial charge in [-0.15, -0.1) is 0 Å². The van der Waals surface area contributed by atoms with Crippen LogP contribution in [0.2, 0.25) is 0 Å². The summed E-state index contributed by atoms with van der Waals surface area (Å²) in [5, 5.41) is 11.8. The van der Waals surface area contributed by atoms with Gasteiger partial charge in [0.1, 0.15) is 0 Å². The van der Waals surface area contributed by atoms with Crippen LogP contribution < -0.4 is 5.32 Å². The molecule has 2 aromatic rings. The number of carboxylic acids is 1. The Balaban J connectivity index is 2.16. The van der Waals surface area contributed by atoms with E-state index in [0.29, 0.717) is 16.8 Å². The molecule has 0 saturated carbocycles. The molecule has 4 nitrogen and oxygen atoms in total. The summed E-state index contributed by atoms with van der Waals surface area (Å²) in [6, 6.07) is 15.7. The van der Waals surface area contributed by atoms with Crippen LogP contribution in [0.4, 0.5) is 5.69 Å². The zero-order chi connectivity index (χ0) is 14.5. The fourth-order valence-electron chi connectivity index (χ4n) is 1.82. The molecule has 0 heterocycles. The zero-order valence-corrected chi connectivity index (χ0v) is 11.0.